The Morgan fingerprint density at radius 2 is 1.70 bits per heavy atom. The van der Waals surface area contributed by atoms with Gasteiger partial charge in [-0.3, -0.25) is 14.8 Å². The number of hydrogen-bond donors (Lipinski definition) is 2. The molecule has 0 unspecified atom stereocenters. The summed E-state index contributed by atoms with van der Waals surface area (Å²) in [5, 5.41) is 14.5. The van der Waals surface area contributed by atoms with Gasteiger partial charge < -0.3 is 15.1 Å². The van der Waals surface area contributed by atoms with Gasteiger partial charge in [0.05, 0.1) is 11.2 Å². The van der Waals surface area contributed by atoms with Gasteiger partial charge in [0.2, 0.25) is 11.9 Å². The molecular formula is C33H41N9O. The number of aryl methyl sites for hydroxylation is 3. The fourth-order valence-electron chi connectivity index (χ4n) is 7.29. The van der Waals surface area contributed by atoms with Crippen molar-refractivity contribution in [1.82, 2.24) is 35.2 Å². The minimum absolute atomic E-state index is 0.120. The van der Waals surface area contributed by atoms with Crippen LogP contribution in [0, 0.1) is 26.7 Å². The highest BCUT2D eigenvalue weighted by Gasteiger charge is 2.33. The van der Waals surface area contributed by atoms with E-state index >= 15 is 0 Å². The minimum atomic E-state index is 0.120. The second-order valence-electron chi connectivity index (χ2n) is 12.7. The Morgan fingerprint density at radius 3 is 2.47 bits per heavy atom. The zero-order chi connectivity index (χ0) is 29.5. The van der Waals surface area contributed by atoms with Crippen molar-refractivity contribution in [1.29, 1.82) is 0 Å². The summed E-state index contributed by atoms with van der Waals surface area (Å²) in [7, 11) is 0. The Labute approximate surface area is 252 Å². The fraction of sp³-hybridized carbons (Fsp3) is 0.485. The molecule has 3 aliphatic rings. The summed E-state index contributed by atoms with van der Waals surface area (Å²) >= 11 is 0. The zero-order valence-electron chi connectivity index (χ0n) is 25.4. The number of piperidine rings is 2. The molecule has 224 valence electrons. The molecule has 10 heteroatoms. The maximum Gasteiger partial charge on any atom is 0.227 e. The van der Waals surface area contributed by atoms with Crippen LogP contribution in [-0.2, 0) is 17.8 Å². The van der Waals surface area contributed by atoms with E-state index in [9.17, 15) is 4.79 Å². The van der Waals surface area contributed by atoms with Crippen molar-refractivity contribution in [3.63, 3.8) is 0 Å². The molecule has 2 aromatic carbocycles. The lowest BCUT2D eigenvalue weighted by Gasteiger charge is -2.42. The second-order valence-corrected chi connectivity index (χ2v) is 12.7. The Hall–Kier alpha value is -4.05. The van der Waals surface area contributed by atoms with Gasteiger partial charge in [-0.15, -0.1) is 5.10 Å². The average molecular weight is 580 g/mol. The number of rotatable bonds is 5. The van der Waals surface area contributed by atoms with Gasteiger partial charge in [-0.25, -0.2) is 9.97 Å². The van der Waals surface area contributed by atoms with Crippen LogP contribution in [0.2, 0.25) is 0 Å². The number of aromatic nitrogens is 5. The predicted octanol–water partition coefficient (Wildman–Crippen LogP) is 4.68. The van der Waals surface area contributed by atoms with E-state index in [1.807, 2.05) is 6.20 Å². The molecule has 0 saturated carbocycles. The van der Waals surface area contributed by atoms with Crippen molar-refractivity contribution >= 4 is 34.3 Å². The number of amides is 1. The highest BCUT2D eigenvalue weighted by Crippen LogP contribution is 2.31. The van der Waals surface area contributed by atoms with Crippen LogP contribution in [0.1, 0.15) is 53.6 Å². The predicted molar refractivity (Wildman–Crippen MR) is 169 cm³/mol. The molecule has 0 aliphatic carbocycles. The molecule has 5 heterocycles. The number of carbonyl (C=O) groups excluding carboxylic acids is 1. The number of likely N-dealkylation sites (tertiary alicyclic amines) is 1. The van der Waals surface area contributed by atoms with E-state index < -0.39 is 0 Å². The zero-order valence-corrected chi connectivity index (χ0v) is 25.4. The number of nitrogens with zero attached hydrogens (tertiary/aromatic N) is 7. The van der Waals surface area contributed by atoms with Gasteiger partial charge in [-0.1, -0.05) is 11.3 Å². The average Bonchev–Trinajstić information content (AvgIpc) is 3.47. The quantitative estimate of drug-likeness (QED) is 0.351. The molecule has 2 fully saturated rings. The monoisotopic (exact) mass is 579 g/mol. The van der Waals surface area contributed by atoms with Gasteiger partial charge in [0.15, 0.2) is 0 Å². The van der Waals surface area contributed by atoms with Gasteiger partial charge in [0.25, 0.3) is 0 Å². The molecule has 2 N–H and O–H groups in total. The summed E-state index contributed by atoms with van der Waals surface area (Å²) in [6.07, 6.45) is 6.79. The number of aromatic amines is 1. The Bertz CT molecular complexity index is 1610. The van der Waals surface area contributed by atoms with Gasteiger partial charge in [0, 0.05) is 80.8 Å². The molecule has 2 saturated heterocycles. The first-order chi connectivity index (χ1) is 20.9. The largest absolute Gasteiger partial charge is 0.371 e. The standard InChI is InChI=1S/C33H41N9O/c1-21-14-22(2)16-26(15-21)35-33-34-19-25-20-42(13-8-28(25)36-33)27-6-11-41(12-7-27)32(43)24-4-9-40(10-5-24)31-18-30-29(17-23(31)3)37-39-38-30/h14-19,24,27H,4-13,20H2,1-3H3,(H,34,35,36)(H,37,38,39). The van der Waals surface area contributed by atoms with Gasteiger partial charge in [0.1, 0.15) is 5.52 Å². The lowest BCUT2D eigenvalue weighted by Crippen LogP contribution is -2.50. The second kappa shape index (κ2) is 11.6. The van der Waals surface area contributed by atoms with Crippen LogP contribution >= 0.6 is 0 Å². The molecule has 7 rings (SSSR count). The van der Waals surface area contributed by atoms with Crippen molar-refractivity contribution in [3.05, 3.63) is 64.5 Å². The molecule has 4 aromatic rings. The van der Waals surface area contributed by atoms with Crippen molar-refractivity contribution in [2.75, 3.05) is 42.9 Å². The molecule has 1 amide bonds. The molecule has 3 aliphatic heterocycles. The molecule has 43 heavy (non-hydrogen) atoms. The van der Waals surface area contributed by atoms with E-state index in [-0.39, 0.29) is 5.92 Å². The number of H-pyrrole nitrogens is 1. The van der Waals surface area contributed by atoms with Gasteiger partial charge in [-0.05, 0) is 87.4 Å². The van der Waals surface area contributed by atoms with Crippen LogP contribution in [0.4, 0.5) is 17.3 Å². The smallest absolute Gasteiger partial charge is 0.227 e. The van der Waals surface area contributed by atoms with E-state index in [1.165, 1.54) is 27.9 Å². The first-order valence-corrected chi connectivity index (χ1v) is 15.7. The third-order valence-electron chi connectivity index (χ3n) is 9.56. The summed E-state index contributed by atoms with van der Waals surface area (Å²) in [6, 6.07) is 11.2. The van der Waals surface area contributed by atoms with Crippen molar-refractivity contribution in [2.24, 2.45) is 5.92 Å². The Morgan fingerprint density at radius 1 is 0.930 bits per heavy atom. The summed E-state index contributed by atoms with van der Waals surface area (Å²) in [5.74, 6) is 1.14. The topological polar surface area (TPSA) is 106 Å². The fourth-order valence-corrected chi connectivity index (χ4v) is 7.29. The number of hydrogen-bond acceptors (Lipinski definition) is 8. The normalized spacial score (nSPS) is 18.7. The molecule has 0 bridgehead atoms. The number of anilines is 3. The van der Waals surface area contributed by atoms with Crippen molar-refractivity contribution in [2.45, 2.75) is 65.5 Å². The summed E-state index contributed by atoms with van der Waals surface area (Å²) < 4.78 is 0. The summed E-state index contributed by atoms with van der Waals surface area (Å²) in [6.45, 7) is 11.7. The highest BCUT2D eigenvalue weighted by molar-refractivity contribution is 5.81. The lowest BCUT2D eigenvalue weighted by atomic mass is 9.92. The van der Waals surface area contributed by atoms with E-state index in [2.05, 4.69) is 91.5 Å². The Balaban J connectivity index is 0.903. The van der Waals surface area contributed by atoms with Crippen LogP contribution in [0.15, 0.2) is 36.5 Å². The number of fused-ring (bicyclic) bond motifs is 2. The maximum atomic E-state index is 13.5. The summed E-state index contributed by atoms with van der Waals surface area (Å²) in [5.41, 5.74) is 10.1. The number of benzene rings is 2. The maximum absolute atomic E-state index is 13.5. The SMILES string of the molecule is Cc1cc(C)cc(Nc2ncc3c(n2)CCN(C2CCN(C(=O)C4CCN(c5cc6nn[nH]c6cc5C)CC4)CC2)C3)c1. The molecule has 0 radical (unpaired) electrons. The lowest BCUT2D eigenvalue weighted by molar-refractivity contribution is -0.137. The van der Waals surface area contributed by atoms with E-state index in [0.717, 1.165) is 93.8 Å². The molecule has 2 aromatic heterocycles. The first-order valence-electron chi connectivity index (χ1n) is 15.7. The van der Waals surface area contributed by atoms with Gasteiger partial charge >= 0.3 is 0 Å². The number of nitrogens with one attached hydrogen (secondary N) is 2. The van der Waals surface area contributed by atoms with E-state index in [0.29, 0.717) is 17.9 Å². The van der Waals surface area contributed by atoms with Gasteiger partial charge in [-0.2, -0.15) is 0 Å². The minimum Gasteiger partial charge on any atom is -0.371 e. The van der Waals surface area contributed by atoms with Crippen LogP contribution in [-0.4, -0.2) is 79.9 Å². The third-order valence-corrected chi connectivity index (χ3v) is 9.56. The van der Waals surface area contributed by atoms with E-state index in [4.69, 9.17) is 4.98 Å². The van der Waals surface area contributed by atoms with Crippen LogP contribution < -0.4 is 10.2 Å². The number of carbonyl (C=O) groups is 1. The Kier molecular flexibility index (Phi) is 7.46. The summed E-state index contributed by atoms with van der Waals surface area (Å²) in [4.78, 5) is 30.1. The van der Waals surface area contributed by atoms with Crippen LogP contribution in [0.5, 0.6) is 0 Å². The molecular weight excluding hydrogens is 538 g/mol. The van der Waals surface area contributed by atoms with Crippen molar-refractivity contribution in [3.8, 4) is 0 Å². The van der Waals surface area contributed by atoms with E-state index in [1.54, 1.807) is 0 Å². The molecule has 10 nitrogen and oxygen atoms in total. The highest BCUT2D eigenvalue weighted by atomic mass is 16.2. The first kappa shape index (κ1) is 27.8. The van der Waals surface area contributed by atoms with Crippen molar-refractivity contribution < 1.29 is 4.79 Å². The molecule has 0 spiro atoms. The third kappa shape index (κ3) is 5.80. The molecule has 0 atom stereocenters. The van der Waals surface area contributed by atoms with Crippen LogP contribution in [0.3, 0.4) is 0 Å². The van der Waals surface area contributed by atoms with Crippen LogP contribution in [0.25, 0.3) is 11.0 Å².